The first-order chi connectivity index (χ1) is 7.47. The molecule has 2 N–H and O–H groups in total. The van der Waals surface area contributed by atoms with Gasteiger partial charge in [-0.25, -0.2) is 4.99 Å². The van der Waals surface area contributed by atoms with Crippen LogP contribution in [-0.2, 0) is 0 Å². The van der Waals surface area contributed by atoms with Crippen LogP contribution in [0.4, 0.5) is 0 Å². The van der Waals surface area contributed by atoms with Crippen molar-refractivity contribution in [3.8, 4) is 0 Å². The summed E-state index contributed by atoms with van der Waals surface area (Å²) >= 11 is 0. The molecule has 0 aliphatic heterocycles. The molecule has 0 aliphatic rings. The van der Waals surface area contributed by atoms with Crippen LogP contribution in [0.25, 0.3) is 0 Å². The second-order valence-electron chi connectivity index (χ2n) is 4.08. The third-order valence-corrected chi connectivity index (χ3v) is 1.84. The molecule has 5 nitrogen and oxygen atoms in total. The second kappa shape index (κ2) is 7.84. The van der Waals surface area contributed by atoms with Gasteiger partial charge >= 0.3 is 0 Å². The van der Waals surface area contributed by atoms with E-state index in [-0.39, 0.29) is 12.0 Å². The van der Waals surface area contributed by atoms with Crippen molar-refractivity contribution >= 4 is 18.4 Å². The minimum Gasteiger partial charge on any atom is -0.355 e. The summed E-state index contributed by atoms with van der Waals surface area (Å²) in [5, 5.41) is 16.5. The standard InChI is InChI=1S/C11H23N5/c1-6-15-16(7-9(2)3)11(5)14-8-13-10(4)12/h6,8-9,11H,7H2,1-5H3,(H2,12,13,14)/b15-6-. The molecule has 1 unspecified atom stereocenters. The summed E-state index contributed by atoms with van der Waals surface area (Å²) in [6, 6.07) is 0. The summed E-state index contributed by atoms with van der Waals surface area (Å²) in [7, 11) is 0. The zero-order chi connectivity index (χ0) is 12.6. The van der Waals surface area contributed by atoms with E-state index in [0.717, 1.165) is 6.54 Å². The van der Waals surface area contributed by atoms with Gasteiger partial charge in [-0.15, -0.1) is 0 Å². The van der Waals surface area contributed by atoms with Gasteiger partial charge in [0.1, 0.15) is 12.0 Å². The van der Waals surface area contributed by atoms with Crippen LogP contribution in [0.15, 0.2) is 10.1 Å². The molecule has 0 saturated heterocycles. The molecule has 0 rings (SSSR count). The molecular formula is C11H23N5. The lowest BCUT2D eigenvalue weighted by molar-refractivity contribution is 0.185. The van der Waals surface area contributed by atoms with Gasteiger partial charge in [0.2, 0.25) is 0 Å². The van der Waals surface area contributed by atoms with Crippen molar-refractivity contribution in [2.75, 3.05) is 6.54 Å². The third-order valence-electron chi connectivity index (χ3n) is 1.84. The highest BCUT2D eigenvalue weighted by Crippen LogP contribution is 2.02. The number of hydrazone groups is 1. The average molecular weight is 225 g/mol. The SMILES string of the molecule is C/C=N\N(CC(C)C)C(C)NC=NC(C)=N. The third kappa shape index (κ3) is 6.98. The summed E-state index contributed by atoms with van der Waals surface area (Å²) in [5.74, 6) is 0.837. The van der Waals surface area contributed by atoms with Crippen LogP contribution in [0.2, 0.25) is 0 Å². The first-order valence-electron chi connectivity index (χ1n) is 5.56. The van der Waals surface area contributed by atoms with Gasteiger partial charge in [-0.05, 0) is 26.7 Å². The van der Waals surface area contributed by atoms with E-state index in [9.17, 15) is 0 Å². The van der Waals surface area contributed by atoms with Crippen LogP contribution in [-0.4, -0.2) is 36.1 Å². The lowest BCUT2D eigenvalue weighted by Gasteiger charge is -2.27. The molecule has 5 heteroatoms. The van der Waals surface area contributed by atoms with Crippen LogP contribution < -0.4 is 5.32 Å². The molecule has 0 aromatic rings. The Morgan fingerprint density at radius 1 is 1.44 bits per heavy atom. The Bertz CT molecular complexity index is 257. The molecule has 0 bridgehead atoms. The summed E-state index contributed by atoms with van der Waals surface area (Å²) in [6.07, 6.45) is 3.40. The summed E-state index contributed by atoms with van der Waals surface area (Å²) in [4.78, 5) is 3.85. The van der Waals surface area contributed by atoms with E-state index in [1.807, 2.05) is 18.9 Å². The van der Waals surface area contributed by atoms with E-state index in [1.54, 1.807) is 19.5 Å². The number of hydrogen-bond acceptors (Lipinski definition) is 3. The van der Waals surface area contributed by atoms with Crippen LogP contribution >= 0.6 is 0 Å². The molecule has 0 aliphatic carbocycles. The molecule has 92 valence electrons. The first-order valence-corrected chi connectivity index (χ1v) is 5.56. The summed E-state index contributed by atoms with van der Waals surface area (Å²) in [6.45, 7) is 10.7. The molecule has 16 heavy (non-hydrogen) atoms. The molecule has 0 spiro atoms. The van der Waals surface area contributed by atoms with E-state index in [1.165, 1.54) is 0 Å². The highest BCUT2D eigenvalue weighted by molar-refractivity contribution is 5.84. The molecule has 0 saturated carbocycles. The van der Waals surface area contributed by atoms with Crippen LogP contribution in [0, 0.1) is 11.3 Å². The Hall–Kier alpha value is -1.39. The normalized spacial score (nSPS) is 13.6. The quantitative estimate of drug-likeness (QED) is 0.314. The van der Waals surface area contributed by atoms with E-state index in [4.69, 9.17) is 5.41 Å². The van der Waals surface area contributed by atoms with Gasteiger partial charge in [0.05, 0.1) is 6.34 Å². The Morgan fingerprint density at radius 2 is 2.06 bits per heavy atom. The van der Waals surface area contributed by atoms with Crippen molar-refractivity contribution in [2.24, 2.45) is 16.0 Å². The number of nitrogens with one attached hydrogen (secondary N) is 2. The maximum absolute atomic E-state index is 7.16. The van der Waals surface area contributed by atoms with Gasteiger partial charge in [0.25, 0.3) is 0 Å². The number of hydrogen-bond donors (Lipinski definition) is 2. The van der Waals surface area contributed by atoms with Crippen molar-refractivity contribution in [3.05, 3.63) is 0 Å². The average Bonchev–Trinajstić information content (AvgIpc) is 2.15. The fourth-order valence-corrected chi connectivity index (χ4v) is 1.16. The van der Waals surface area contributed by atoms with E-state index >= 15 is 0 Å². The minimum absolute atomic E-state index is 0.0710. The van der Waals surface area contributed by atoms with Crippen molar-refractivity contribution in [3.63, 3.8) is 0 Å². The van der Waals surface area contributed by atoms with Crippen molar-refractivity contribution in [1.82, 2.24) is 10.3 Å². The molecule has 0 amide bonds. The van der Waals surface area contributed by atoms with E-state index in [0.29, 0.717) is 5.92 Å². The van der Waals surface area contributed by atoms with Crippen LogP contribution in [0.1, 0.15) is 34.6 Å². The topological polar surface area (TPSA) is 63.8 Å². The molecule has 0 fully saturated rings. The lowest BCUT2D eigenvalue weighted by Crippen LogP contribution is -2.41. The zero-order valence-corrected chi connectivity index (χ0v) is 10.9. The fraction of sp³-hybridized carbons (Fsp3) is 0.727. The smallest absolute Gasteiger partial charge is 0.119 e. The summed E-state index contributed by atoms with van der Waals surface area (Å²) in [5.41, 5.74) is 0. The molecular weight excluding hydrogens is 202 g/mol. The number of amidine groups is 1. The fourth-order valence-electron chi connectivity index (χ4n) is 1.16. The van der Waals surface area contributed by atoms with Gasteiger partial charge in [-0.2, -0.15) is 5.10 Å². The molecule has 0 heterocycles. The highest BCUT2D eigenvalue weighted by Gasteiger charge is 2.10. The number of nitrogens with zero attached hydrogens (tertiary/aromatic N) is 3. The largest absolute Gasteiger partial charge is 0.355 e. The first kappa shape index (κ1) is 14.6. The molecule has 1 atom stereocenters. The predicted molar refractivity (Wildman–Crippen MR) is 70.2 cm³/mol. The zero-order valence-electron chi connectivity index (χ0n) is 10.9. The van der Waals surface area contributed by atoms with Gasteiger partial charge < -0.3 is 5.32 Å². The monoisotopic (exact) mass is 225 g/mol. The Kier molecular flexibility index (Phi) is 7.16. The van der Waals surface area contributed by atoms with Crippen LogP contribution in [0.5, 0.6) is 0 Å². The maximum atomic E-state index is 7.16. The van der Waals surface area contributed by atoms with Gasteiger partial charge in [-0.3, -0.25) is 10.4 Å². The van der Waals surface area contributed by atoms with E-state index < -0.39 is 0 Å². The van der Waals surface area contributed by atoms with Crippen molar-refractivity contribution in [1.29, 1.82) is 5.41 Å². The Labute approximate surface area is 98.1 Å². The molecule has 0 aromatic heterocycles. The second-order valence-corrected chi connectivity index (χ2v) is 4.08. The Morgan fingerprint density at radius 3 is 2.50 bits per heavy atom. The predicted octanol–water partition coefficient (Wildman–Crippen LogP) is 1.91. The Balaban J connectivity index is 4.26. The minimum atomic E-state index is 0.0710. The van der Waals surface area contributed by atoms with Crippen LogP contribution in [0.3, 0.4) is 0 Å². The summed E-state index contributed by atoms with van der Waals surface area (Å²) < 4.78 is 0. The maximum Gasteiger partial charge on any atom is 0.119 e. The number of rotatable bonds is 6. The lowest BCUT2D eigenvalue weighted by atomic mass is 10.2. The van der Waals surface area contributed by atoms with Crippen molar-refractivity contribution < 1.29 is 0 Å². The molecule has 0 aromatic carbocycles. The van der Waals surface area contributed by atoms with Gasteiger partial charge in [-0.1, -0.05) is 13.8 Å². The highest BCUT2D eigenvalue weighted by atomic mass is 15.5. The number of aliphatic imine (C=N–C) groups is 1. The van der Waals surface area contributed by atoms with Crippen molar-refractivity contribution in [2.45, 2.75) is 40.8 Å². The van der Waals surface area contributed by atoms with E-state index in [2.05, 4.69) is 29.3 Å². The molecule has 0 radical (unpaired) electrons. The van der Waals surface area contributed by atoms with Gasteiger partial charge in [0, 0.05) is 12.8 Å². The van der Waals surface area contributed by atoms with Gasteiger partial charge in [0.15, 0.2) is 0 Å².